The summed E-state index contributed by atoms with van der Waals surface area (Å²) in [6.45, 7) is 1.40. The number of halogens is 2. The molecule has 1 aliphatic rings. The maximum absolute atomic E-state index is 14.1. The zero-order valence-electron chi connectivity index (χ0n) is 10.4. The predicted octanol–water partition coefficient (Wildman–Crippen LogP) is 1.96. The highest BCUT2D eigenvalue weighted by Crippen LogP contribution is 2.13. The van der Waals surface area contributed by atoms with Crippen molar-refractivity contribution in [2.24, 2.45) is 0 Å². The molecule has 1 amide bonds. The first kappa shape index (κ1) is 13.7. The van der Waals surface area contributed by atoms with Crippen molar-refractivity contribution in [1.29, 1.82) is 0 Å². The van der Waals surface area contributed by atoms with Crippen LogP contribution < -0.4 is 0 Å². The highest BCUT2D eigenvalue weighted by Gasteiger charge is 2.25. The molecule has 1 aromatic carbocycles. The quantitative estimate of drug-likeness (QED) is 0.854. The minimum atomic E-state index is -1.17. The number of hydrogen-bond acceptors (Lipinski definition) is 2. The Labute approximate surface area is 110 Å². The lowest BCUT2D eigenvalue weighted by Crippen LogP contribution is -2.51. The number of carboxylic acid groups (broad SMARTS) is 1. The summed E-state index contributed by atoms with van der Waals surface area (Å²) in [6, 6.07) is 5.75. The SMILES string of the molecule is O=C(O)N1CCN(C(F)Cc2ccc(F)cc2)CC1. The van der Waals surface area contributed by atoms with Crippen molar-refractivity contribution in [2.75, 3.05) is 26.2 Å². The zero-order valence-corrected chi connectivity index (χ0v) is 10.4. The second-order valence-corrected chi connectivity index (χ2v) is 4.57. The minimum absolute atomic E-state index is 0.188. The molecule has 2 rings (SSSR count). The zero-order chi connectivity index (χ0) is 13.8. The van der Waals surface area contributed by atoms with Gasteiger partial charge in [0.05, 0.1) is 0 Å². The van der Waals surface area contributed by atoms with Gasteiger partial charge < -0.3 is 10.0 Å². The van der Waals surface area contributed by atoms with Crippen LogP contribution in [0, 0.1) is 5.82 Å². The Bertz CT molecular complexity index is 431. The van der Waals surface area contributed by atoms with Crippen molar-refractivity contribution in [1.82, 2.24) is 9.80 Å². The fraction of sp³-hybridized carbons (Fsp3) is 0.462. The standard InChI is InChI=1S/C13H16F2N2O2/c14-11-3-1-10(2-4-11)9-12(15)16-5-7-17(8-6-16)13(18)19/h1-4,12H,5-9H2,(H,18,19). The summed E-state index contributed by atoms with van der Waals surface area (Å²) in [7, 11) is 0. The molecule has 1 aliphatic heterocycles. The fourth-order valence-electron chi connectivity index (χ4n) is 2.14. The lowest BCUT2D eigenvalue weighted by molar-refractivity contribution is 0.0335. The van der Waals surface area contributed by atoms with Gasteiger partial charge in [-0.3, -0.25) is 4.90 Å². The Morgan fingerprint density at radius 3 is 2.32 bits per heavy atom. The molecule has 4 nitrogen and oxygen atoms in total. The van der Waals surface area contributed by atoms with Gasteiger partial charge >= 0.3 is 6.09 Å². The molecule has 0 aliphatic carbocycles. The largest absolute Gasteiger partial charge is 0.465 e. The fourth-order valence-corrected chi connectivity index (χ4v) is 2.14. The monoisotopic (exact) mass is 270 g/mol. The van der Waals surface area contributed by atoms with Crippen molar-refractivity contribution < 1.29 is 18.7 Å². The number of rotatable bonds is 3. The molecule has 1 heterocycles. The van der Waals surface area contributed by atoms with E-state index in [1.165, 1.54) is 17.0 Å². The number of benzene rings is 1. The maximum Gasteiger partial charge on any atom is 0.407 e. The third-order valence-corrected chi connectivity index (χ3v) is 3.30. The summed E-state index contributed by atoms with van der Waals surface area (Å²) in [5, 5.41) is 8.80. The van der Waals surface area contributed by atoms with E-state index in [4.69, 9.17) is 5.11 Å². The molecule has 1 N–H and O–H groups in total. The first-order valence-electron chi connectivity index (χ1n) is 6.16. The molecule has 1 aromatic rings. The molecule has 0 radical (unpaired) electrons. The van der Waals surface area contributed by atoms with Crippen LogP contribution in [-0.4, -0.2) is 53.5 Å². The normalized spacial score (nSPS) is 18.3. The molecule has 0 bridgehead atoms. The van der Waals surface area contributed by atoms with E-state index < -0.39 is 12.4 Å². The average molecular weight is 270 g/mol. The van der Waals surface area contributed by atoms with E-state index in [2.05, 4.69) is 0 Å². The summed E-state index contributed by atoms with van der Waals surface area (Å²) in [4.78, 5) is 13.6. The molecule has 19 heavy (non-hydrogen) atoms. The van der Waals surface area contributed by atoms with Crippen molar-refractivity contribution in [3.05, 3.63) is 35.6 Å². The summed E-state index contributed by atoms with van der Waals surface area (Å²) in [5.41, 5.74) is 0.731. The number of alkyl halides is 1. The Hall–Kier alpha value is -1.69. The number of nitrogens with zero attached hydrogens (tertiary/aromatic N) is 2. The van der Waals surface area contributed by atoms with Crippen molar-refractivity contribution in [2.45, 2.75) is 12.7 Å². The van der Waals surface area contributed by atoms with Crippen LogP contribution in [0.3, 0.4) is 0 Å². The van der Waals surface area contributed by atoms with Gasteiger partial charge in [-0.25, -0.2) is 13.6 Å². The van der Waals surface area contributed by atoms with Crippen LogP contribution in [0.5, 0.6) is 0 Å². The van der Waals surface area contributed by atoms with Gasteiger partial charge in [0, 0.05) is 32.6 Å². The van der Waals surface area contributed by atoms with Gasteiger partial charge in [-0.2, -0.15) is 0 Å². The molecule has 0 saturated carbocycles. The molecule has 1 unspecified atom stereocenters. The second-order valence-electron chi connectivity index (χ2n) is 4.57. The molecular formula is C13H16F2N2O2. The third-order valence-electron chi connectivity index (χ3n) is 3.30. The number of carbonyl (C=O) groups is 1. The Balaban J connectivity index is 1.86. The Morgan fingerprint density at radius 2 is 1.79 bits per heavy atom. The van der Waals surface area contributed by atoms with Crippen molar-refractivity contribution in [3.8, 4) is 0 Å². The van der Waals surface area contributed by atoms with E-state index in [0.717, 1.165) is 5.56 Å². The van der Waals surface area contributed by atoms with Crippen molar-refractivity contribution in [3.63, 3.8) is 0 Å². The Kier molecular flexibility index (Phi) is 4.31. The van der Waals surface area contributed by atoms with Crippen LogP contribution in [-0.2, 0) is 6.42 Å². The van der Waals surface area contributed by atoms with Gasteiger partial charge in [-0.05, 0) is 17.7 Å². The van der Waals surface area contributed by atoms with Crippen LogP contribution in [0.25, 0.3) is 0 Å². The Morgan fingerprint density at radius 1 is 1.21 bits per heavy atom. The second kappa shape index (κ2) is 5.97. The van der Waals surface area contributed by atoms with Crippen LogP contribution in [0.15, 0.2) is 24.3 Å². The molecule has 104 valence electrons. The molecule has 0 aromatic heterocycles. The smallest absolute Gasteiger partial charge is 0.407 e. The maximum atomic E-state index is 14.1. The van der Waals surface area contributed by atoms with E-state index in [-0.39, 0.29) is 12.2 Å². The summed E-state index contributed by atoms with van der Waals surface area (Å²) < 4.78 is 26.8. The molecule has 6 heteroatoms. The van der Waals surface area contributed by atoms with Gasteiger partial charge in [0.2, 0.25) is 0 Å². The lowest BCUT2D eigenvalue weighted by atomic mass is 10.1. The van der Waals surface area contributed by atoms with Crippen LogP contribution in [0.2, 0.25) is 0 Å². The van der Waals surface area contributed by atoms with E-state index in [1.54, 1.807) is 17.0 Å². The van der Waals surface area contributed by atoms with Gasteiger partial charge in [0.15, 0.2) is 6.30 Å². The molecule has 1 atom stereocenters. The lowest BCUT2D eigenvalue weighted by Gasteiger charge is -2.34. The van der Waals surface area contributed by atoms with Gasteiger partial charge in [-0.15, -0.1) is 0 Å². The van der Waals surface area contributed by atoms with E-state index in [9.17, 15) is 13.6 Å². The summed E-state index contributed by atoms with van der Waals surface area (Å²) in [5.74, 6) is -0.339. The first-order valence-corrected chi connectivity index (χ1v) is 6.16. The van der Waals surface area contributed by atoms with Crippen molar-refractivity contribution >= 4 is 6.09 Å². The highest BCUT2D eigenvalue weighted by molar-refractivity contribution is 5.65. The highest BCUT2D eigenvalue weighted by atomic mass is 19.1. The summed E-state index contributed by atoms with van der Waals surface area (Å²) in [6.07, 6.45) is -1.94. The topological polar surface area (TPSA) is 43.8 Å². The van der Waals surface area contributed by atoms with Gasteiger partial charge in [-0.1, -0.05) is 12.1 Å². The van der Waals surface area contributed by atoms with Crippen LogP contribution in [0.1, 0.15) is 5.56 Å². The van der Waals surface area contributed by atoms with E-state index in [0.29, 0.717) is 26.2 Å². The minimum Gasteiger partial charge on any atom is -0.465 e. The van der Waals surface area contributed by atoms with Gasteiger partial charge in [0.1, 0.15) is 5.82 Å². The van der Waals surface area contributed by atoms with E-state index >= 15 is 0 Å². The first-order chi connectivity index (χ1) is 9.06. The molecule has 0 spiro atoms. The average Bonchev–Trinajstić information content (AvgIpc) is 2.41. The third kappa shape index (κ3) is 3.64. The van der Waals surface area contributed by atoms with Gasteiger partial charge in [0.25, 0.3) is 0 Å². The van der Waals surface area contributed by atoms with E-state index in [1.807, 2.05) is 0 Å². The molecular weight excluding hydrogens is 254 g/mol. The molecule has 1 fully saturated rings. The van der Waals surface area contributed by atoms with Crippen LogP contribution in [0.4, 0.5) is 13.6 Å². The summed E-state index contributed by atoms with van der Waals surface area (Å²) >= 11 is 0. The number of piperazine rings is 1. The number of hydrogen-bond donors (Lipinski definition) is 1. The molecule has 1 saturated heterocycles. The number of amides is 1. The predicted molar refractivity (Wildman–Crippen MR) is 66.2 cm³/mol. The van der Waals surface area contributed by atoms with Crippen LogP contribution >= 0.6 is 0 Å².